The fraction of sp³-hybridized carbons (Fsp3) is 0.476. The highest BCUT2D eigenvalue weighted by Crippen LogP contribution is 2.47. The van der Waals surface area contributed by atoms with Gasteiger partial charge in [-0.25, -0.2) is 4.21 Å². The number of aliphatic hydroxyl groups is 1. The fourth-order valence-corrected chi connectivity index (χ4v) is 10.6. The van der Waals surface area contributed by atoms with E-state index in [0.29, 0.717) is 30.6 Å². The molecular formula is C42H51N3O6S. The van der Waals surface area contributed by atoms with Gasteiger partial charge in [0.1, 0.15) is 21.8 Å². The van der Waals surface area contributed by atoms with Crippen molar-refractivity contribution in [3.8, 4) is 5.75 Å². The number of aryl methyl sites for hydroxylation is 2. The maximum absolute atomic E-state index is 14.5. The summed E-state index contributed by atoms with van der Waals surface area (Å²) in [7, 11) is -1.86. The number of carbonyl (C=O) groups is 2. The largest absolute Gasteiger partial charge is 0.490 e. The van der Waals surface area contributed by atoms with E-state index in [9.17, 15) is 18.9 Å². The van der Waals surface area contributed by atoms with E-state index in [1.165, 1.54) is 16.7 Å². The SMILES string of the molecule is CO[C@H]1/C=C/C[C@H](C)CS(=O)(NC(=O)[C@@H](O)Cc2ccccc2)=NC(=O)c2ccc3c(c2)N(C[C@@H]2CC[C@H]21)C[C@@]1(CCCc2cc(C)ccc21)CO3. The highest BCUT2D eigenvalue weighted by Gasteiger charge is 2.44. The van der Waals surface area contributed by atoms with E-state index >= 15 is 0 Å². The van der Waals surface area contributed by atoms with Crippen LogP contribution in [0.4, 0.5) is 5.69 Å². The number of allylic oxidation sites excluding steroid dienone is 1. The summed E-state index contributed by atoms with van der Waals surface area (Å²) in [6.45, 7) is 6.13. The van der Waals surface area contributed by atoms with E-state index in [0.717, 1.165) is 56.4 Å². The van der Waals surface area contributed by atoms with Crippen LogP contribution in [0.3, 0.4) is 0 Å². The molecule has 2 aliphatic carbocycles. The van der Waals surface area contributed by atoms with Crippen LogP contribution < -0.4 is 14.4 Å². The Morgan fingerprint density at radius 3 is 2.75 bits per heavy atom. The molecule has 0 aromatic heterocycles. The third-order valence-corrected chi connectivity index (χ3v) is 13.5. The van der Waals surface area contributed by atoms with Crippen molar-refractivity contribution in [3.63, 3.8) is 0 Å². The van der Waals surface area contributed by atoms with Gasteiger partial charge in [0.25, 0.3) is 11.8 Å². The molecular weight excluding hydrogens is 675 g/mol. The Bertz CT molecular complexity index is 1960. The highest BCUT2D eigenvalue weighted by molar-refractivity contribution is 7.92. The Balaban J connectivity index is 1.26. The van der Waals surface area contributed by atoms with E-state index in [4.69, 9.17) is 9.47 Å². The summed E-state index contributed by atoms with van der Waals surface area (Å²) in [4.78, 5) is 29.7. The summed E-state index contributed by atoms with van der Waals surface area (Å²) in [6, 6.07) is 21.3. The first kappa shape index (κ1) is 36.4. The Morgan fingerprint density at radius 1 is 1.15 bits per heavy atom. The molecule has 3 aromatic carbocycles. The van der Waals surface area contributed by atoms with Crippen molar-refractivity contribution >= 4 is 27.4 Å². The van der Waals surface area contributed by atoms with Gasteiger partial charge in [-0.3, -0.25) is 14.3 Å². The zero-order valence-corrected chi connectivity index (χ0v) is 31.3. The molecule has 2 aliphatic heterocycles. The van der Waals surface area contributed by atoms with Crippen molar-refractivity contribution in [2.75, 3.05) is 37.5 Å². The number of methoxy groups -OCH3 is 1. The lowest BCUT2D eigenvalue weighted by atomic mass is 9.68. The zero-order chi connectivity index (χ0) is 36.5. The van der Waals surface area contributed by atoms with Gasteiger partial charge in [0.2, 0.25) is 0 Å². The molecule has 1 fully saturated rings. The average molecular weight is 726 g/mol. The number of fused-ring (bicyclic) bond motifs is 4. The van der Waals surface area contributed by atoms with E-state index in [2.05, 4.69) is 51.3 Å². The van der Waals surface area contributed by atoms with Crippen molar-refractivity contribution in [1.29, 1.82) is 0 Å². The quantitative estimate of drug-likeness (QED) is 0.295. The predicted octanol–water partition coefficient (Wildman–Crippen LogP) is 6.35. The van der Waals surface area contributed by atoms with Crippen LogP contribution in [0.5, 0.6) is 5.75 Å². The van der Waals surface area contributed by atoms with Crippen molar-refractivity contribution in [3.05, 3.63) is 107 Å². The second-order valence-electron chi connectivity index (χ2n) is 15.5. The number of anilines is 1. The lowest BCUT2D eigenvalue weighted by Gasteiger charge is -2.46. The number of rotatable bonds is 5. The van der Waals surface area contributed by atoms with Gasteiger partial charge in [-0.1, -0.05) is 73.2 Å². The van der Waals surface area contributed by atoms with Crippen LogP contribution in [0.2, 0.25) is 0 Å². The molecule has 10 heteroatoms. The van der Waals surface area contributed by atoms with Gasteiger partial charge in [-0.05, 0) is 98.1 Å². The first-order chi connectivity index (χ1) is 25.0. The number of hydrogen-bond acceptors (Lipinski definition) is 7. The minimum absolute atomic E-state index is 0.0429. The number of carbonyl (C=O) groups excluding carboxylic acids is 2. The normalized spacial score (nSPS) is 30.0. The van der Waals surface area contributed by atoms with Gasteiger partial charge in [0.15, 0.2) is 0 Å². The van der Waals surface area contributed by atoms with Crippen LogP contribution in [0.25, 0.3) is 0 Å². The predicted molar refractivity (Wildman–Crippen MR) is 204 cm³/mol. The van der Waals surface area contributed by atoms with Gasteiger partial charge in [-0.2, -0.15) is 0 Å². The molecule has 1 unspecified atom stereocenters. The molecule has 3 aromatic rings. The Kier molecular flexibility index (Phi) is 10.6. The van der Waals surface area contributed by atoms with Crippen molar-refractivity contribution in [1.82, 2.24) is 4.72 Å². The summed E-state index contributed by atoms with van der Waals surface area (Å²) in [5.74, 6) is -0.319. The first-order valence-corrected chi connectivity index (χ1v) is 20.4. The van der Waals surface area contributed by atoms with Crippen molar-refractivity contribution < 1.29 is 28.4 Å². The van der Waals surface area contributed by atoms with Gasteiger partial charge in [0.05, 0.1) is 24.2 Å². The maximum atomic E-state index is 14.5. The van der Waals surface area contributed by atoms with Gasteiger partial charge < -0.3 is 19.5 Å². The fourth-order valence-electron chi connectivity index (χ4n) is 8.68. The Labute approximate surface area is 308 Å². The van der Waals surface area contributed by atoms with Crippen LogP contribution in [-0.2, 0) is 37.7 Å². The van der Waals surface area contributed by atoms with Crippen molar-refractivity contribution in [2.45, 2.75) is 76.4 Å². The molecule has 2 heterocycles. The molecule has 9 nitrogen and oxygen atoms in total. The third-order valence-electron chi connectivity index (χ3n) is 11.5. The zero-order valence-electron chi connectivity index (χ0n) is 30.5. The lowest BCUT2D eigenvalue weighted by Crippen LogP contribution is -2.49. The average Bonchev–Trinajstić information content (AvgIpc) is 3.26. The second kappa shape index (κ2) is 15.2. The number of nitrogens with zero attached hydrogens (tertiary/aromatic N) is 2. The van der Waals surface area contributed by atoms with E-state index < -0.39 is 27.8 Å². The van der Waals surface area contributed by atoms with Crippen LogP contribution in [0.15, 0.2) is 83.2 Å². The standard InChI is InChI=1S/C42H51N3O6S/c1-28-14-18-35-31(21-28)12-8-20-42(35)26-45-24-33-15-17-34(33)38(50-3)13-7-9-29(2)25-52(49,44-41(48)37(46)22-30-10-5-4-6-11-30)43-40(47)32-16-19-39(51-27-42)36(45)23-32/h4-7,10-11,13-14,16,18-19,21,23,29,33-34,37-38,46H,8-9,12,15,17,20,22,24-27H2,1-3H3,(H,43,44,47,48,49)/b13-7+/t29-,33-,34+,37-,38-,42-,52?/m0/s1. The molecule has 2 N–H and O–H groups in total. The third kappa shape index (κ3) is 7.70. The molecule has 0 radical (unpaired) electrons. The number of hydrogen-bond donors (Lipinski definition) is 2. The molecule has 1 spiro atoms. The number of benzene rings is 3. The van der Waals surface area contributed by atoms with E-state index in [1.54, 1.807) is 13.2 Å². The van der Waals surface area contributed by atoms with Crippen LogP contribution in [0.1, 0.15) is 71.6 Å². The molecule has 276 valence electrons. The number of nitrogens with one attached hydrogen (secondary N) is 1. The minimum atomic E-state index is -3.62. The molecule has 1 saturated carbocycles. The summed E-state index contributed by atoms with van der Waals surface area (Å²) in [6.07, 6.45) is 8.54. The van der Waals surface area contributed by atoms with E-state index in [1.807, 2.05) is 49.4 Å². The molecule has 2 bridgehead atoms. The number of ether oxygens (including phenoxy) is 2. The monoisotopic (exact) mass is 725 g/mol. The molecule has 7 rings (SSSR count). The summed E-state index contributed by atoms with van der Waals surface area (Å²) in [5, 5.41) is 10.8. The minimum Gasteiger partial charge on any atom is -0.490 e. The molecule has 4 aliphatic rings. The highest BCUT2D eigenvalue weighted by atomic mass is 32.2. The van der Waals surface area contributed by atoms with Gasteiger partial charge >= 0.3 is 0 Å². The maximum Gasteiger partial charge on any atom is 0.286 e. The summed E-state index contributed by atoms with van der Waals surface area (Å²) in [5.41, 5.74) is 5.63. The topological polar surface area (TPSA) is 118 Å². The van der Waals surface area contributed by atoms with E-state index in [-0.39, 0.29) is 35.2 Å². The Hall–Kier alpha value is -3.99. The molecule has 7 atom stereocenters. The van der Waals surface area contributed by atoms with Crippen LogP contribution >= 0.6 is 0 Å². The molecule has 52 heavy (non-hydrogen) atoms. The number of aliphatic hydroxyl groups excluding tert-OH is 1. The van der Waals surface area contributed by atoms with Crippen LogP contribution in [0, 0.1) is 24.7 Å². The lowest BCUT2D eigenvalue weighted by molar-refractivity contribution is -0.127. The molecule has 2 amide bonds. The van der Waals surface area contributed by atoms with Crippen LogP contribution in [-0.4, -0.2) is 65.9 Å². The second-order valence-corrected chi connectivity index (χ2v) is 17.5. The smallest absolute Gasteiger partial charge is 0.286 e. The first-order valence-electron chi connectivity index (χ1n) is 18.7. The Morgan fingerprint density at radius 2 is 1.98 bits per heavy atom. The summed E-state index contributed by atoms with van der Waals surface area (Å²) < 4.78 is 34.0. The van der Waals surface area contributed by atoms with Gasteiger partial charge in [0, 0.05) is 37.6 Å². The summed E-state index contributed by atoms with van der Waals surface area (Å²) >= 11 is 0. The number of amides is 2. The van der Waals surface area contributed by atoms with Crippen molar-refractivity contribution in [2.24, 2.45) is 22.1 Å². The van der Waals surface area contributed by atoms with Gasteiger partial charge in [-0.15, -0.1) is 4.36 Å². The molecule has 0 saturated heterocycles.